The van der Waals surface area contributed by atoms with E-state index in [2.05, 4.69) is 17.3 Å². The Morgan fingerprint density at radius 3 is 2.50 bits per heavy atom. The Morgan fingerprint density at radius 1 is 1.17 bits per heavy atom. The molecule has 0 radical (unpaired) electrons. The summed E-state index contributed by atoms with van der Waals surface area (Å²) in [6.45, 7) is 4.46. The number of piperidine rings is 1. The summed E-state index contributed by atoms with van der Waals surface area (Å²) in [6.07, 6.45) is 2.49. The SMILES string of the molecule is CN1CCC(Oc2ccc(CNC(=O)N3CCSCC3)cc2)CC1. The van der Waals surface area contributed by atoms with E-state index in [1.165, 1.54) is 0 Å². The third-order valence-corrected chi connectivity index (χ3v) is 5.58. The molecule has 0 atom stereocenters. The summed E-state index contributed by atoms with van der Waals surface area (Å²) in [5.41, 5.74) is 1.10. The molecule has 2 saturated heterocycles. The van der Waals surface area contributed by atoms with E-state index in [-0.39, 0.29) is 6.03 Å². The van der Waals surface area contributed by atoms with Gasteiger partial charge in [-0.05, 0) is 37.6 Å². The molecule has 3 rings (SSSR count). The van der Waals surface area contributed by atoms with Crippen LogP contribution in [-0.2, 0) is 6.54 Å². The second kappa shape index (κ2) is 8.62. The van der Waals surface area contributed by atoms with Crippen LogP contribution < -0.4 is 10.1 Å². The number of hydrogen-bond donors (Lipinski definition) is 1. The van der Waals surface area contributed by atoms with Crippen molar-refractivity contribution in [2.45, 2.75) is 25.5 Å². The van der Waals surface area contributed by atoms with Gasteiger partial charge in [0.25, 0.3) is 0 Å². The molecule has 0 aliphatic carbocycles. The third kappa shape index (κ3) is 5.05. The molecule has 0 aromatic heterocycles. The Labute approximate surface area is 148 Å². The van der Waals surface area contributed by atoms with Crippen molar-refractivity contribution in [3.63, 3.8) is 0 Å². The highest BCUT2D eigenvalue weighted by atomic mass is 32.2. The topological polar surface area (TPSA) is 44.8 Å². The minimum atomic E-state index is 0.0435. The number of rotatable bonds is 4. The van der Waals surface area contributed by atoms with Crippen LogP contribution in [0, 0.1) is 0 Å². The number of carbonyl (C=O) groups is 1. The van der Waals surface area contributed by atoms with Crippen LogP contribution in [0.4, 0.5) is 4.79 Å². The van der Waals surface area contributed by atoms with Gasteiger partial charge in [0.2, 0.25) is 0 Å². The largest absolute Gasteiger partial charge is 0.490 e. The Balaban J connectivity index is 1.43. The maximum atomic E-state index is 12.1. The lowest BCUT2D eigenvalue weighted by Crippen LogP contribution is -2.44. The number of urea groups is 1. The number of hydrogen-bond acceptors (Lipinski definition) is 4. The molecule has 0 saturated carbocycles. The first-order valence-electron chi connectivity index (χ1n) is 8.75. The van der Waals surface area contributed by atoms with Crippen LogP contribution in [0.15, 0.2) is 24.3 Å². The molecule has 2 aliphatic heterocycles. The molecule has 6 heteroatoms. The van der Waals surface area contributed by atoms with Crippen LogP contribution in [-0.4, -0.2) is 66.7 Å². The Morgan fingerprint density at radius 2 is 1.83 bits per heavy atom. The summed E-state index contributed by atoms with van der Waals surface area (Å²) >= 11 is 1.91. The Hall–Kier alpha value is -1.40. The second-order valence-corrected chi connectivity index (χ2v) is 7.75. The monoisotopic (exact) mass is 349 g/mol. The van der Waals surface area contributed by atoms with Crippen molar-refractivity contribution in [2.24, 2.45) is 0 Å². The van der Waals surface area contributed by atoms with Crippen LogP contribution in [0.2, 0.25) is 0 Å². The molecule has 24 heavy (non-hydrogen) atoms. The highest BCUT2D eigenvalue weighted by Crippen LogP contribution is 2.19. The molecule has 1 aromatic rings. The van der Waals surface area contributed by atoms with Crippen molar-refractivity contribution in [1.82, 2.24) is 15.1 Å². The van der Waals surface area contributed by atoms with Crippen molar-refractivity contribution < 1.29 is 9.53 Å². The van der Waals surface area contributed by atoms with Gasteiger partial charge in [0.1, 0.15) is 11.9 Å². The minimum absolute atomic E-state index is 0.0435. The number of benzene rings is 1. The highest BCUT2D eigenvalue weighted by molar-refractivity contribution is 7.99. The van der Waals surface area contributed by atoms with E-state index in [0.717, 1.165) is 61.8 Å². The normalized spacial score (nSPS) is 20.0. The molecular weight excluding hydrogens is 322 g/mol. The molecule has 1 aromatic carbocycles. The summed E-state index contributed by atoms with van der Waals surface area (Å²) in [7, 11) is 2.15. The molecule has 2 aliphatic rings. The summed E-state index contributed by atoms with van der Waals surface area (Å²) in [5, 5.41) is 3.01. The summed E-state index contributed by atoms with van der Waals surface area (Å²) in [6, 6.07) is 8.14. The maximum Gasteiger partial charge on any atom is 0.317 e. The van der Waals surface area contributed by atoms with E-state index in [1.807, 2.05) is 40.9 Å². The number of nitrogens with zero attached hydrogens (tertiary/aromatic N) is 2. The molecule has 5 nitrogen and oxygen atoms in total. The predicted octanol–water partition coefficient (Wildman–Crippen LogP) is 2.42. The number of carbonyl (C=O) groups excluding carboxylic acids is 1. The fourth-order valence-electron chi connectivity index (χ4n) is 3.04. The van der Waals surface area contributed by atoms with E-state index < -0.39 is 0 Å². The van der Waals surface area contributed by atoms with Crippen molar-refractivity contribution in [3.8, 4) is 5.75 Å². The van der Waals surface area contributed by atoms with Gasteiger partial charge in [-0.15, -0.1) is 0 Å². The molecule has 2 fully saturated rings. The molecule has 2 amide bonds. The summed E-state index contributed by atoms with van der Waals surface area (Å²) in [4.78, 5) is 16.3. The van der Waals surface area contributed by atoms with Gasteiger partial charge in [0, 0.05) is 44.2 Å². The van der Waals surface area contributed by atoms with Gasteiger partial charge in [-0.1, -0.05) is 12.1 Å². The zero-order chi connectivity index (χ0) is 16.8. The lowest BCUT2D eigenvalue weighted by atomic mass is 10.1. The average Bonchev–Trinajstić information content (AvgIpc) is 2.63. The molecule has 0 unspecified atom stereocenters. The molecular formula is C18H27N3O2S. The van der Waals surface area contributed by atoms with Gasteiger partial charge in [0.05, 0.1) is 0 Å². The van der Waals surface area contributed by atoms with E-state index in [0.29, 0.717) is 12.6 Å². The standard InChI is InChI=1S/C18H27N3O2S/c1-20-8-6-17(7-9-20)23-16-4-2-15(3-5-16)14-19-18(22)21-10-12-24-13-11-21/h2-5,17H,6-14H2,1H3,(H,19,22). The summed E-state index contributed by atoms with van der Waals surface area (Å²) in [5.74, 6) is 3.00. The molecule has 0 bridgehead atoms. The quantitative estimate of drug-likeness (QED) is 0.907. The van der Waals surface area contributed by atoms with Crippen molar-refractivity contribution >= 4 is 17.8 Å². The van der Waals surface area contributed by atoms with E-state index in [4.69, 9.17) is 4.74 Å². The van der Waals surface area contributed by atoms with Gasteiger partial charge in [-0.25, -0.2) is 4.79 Å². The van der Waals surface area contributed by atoms with Crippen LogP contribution in [0.1, 0.15) is 18.4 Å². The van der Waals surface area contributed by atoms with Gasteiger partial charge in [-0.3, -0.25) is 0 Å². The lowest BCUT2D eigenvalue weighted by Gasteiger charge is -2.29. The van der Waals surface area contributed by atoms with E-state index in [9.17, 15) is 4.79 Å². The molecule has 1 N–H and O–H groups in total. The smallest absolute Gasteiger partial charge is 0.317 e. The first-order chi connectivity index (χ1) is 11.7. The fraction of sp³-hybridized carbons (Fsp3) is 0.611. The zero-order valence-electron chi connectivity index (χ0n) is 14.4. The van der Waals surface area contributed by atoms with Gasteiger partial charge >= 0.3 is 6.03 Å². The lowest BCUT2D eigenvalue weighted by molar-refractivity contribution is 0.114. The minimum Gasteiger partial charge on any atom is -0.490 e. The average molecular weight is 350 g/mol. The van der Waals surface area contributed by atoms with Gasteiger partial charge < -0.3 is 19.9 Å². The van der Waals surface area contributed by atoms with Crippen molar-refractivity contribution in [3.05, 3.63) is 29.8 Å². The fourth-order valence-corrected chi connectivity index (χ4v) is 3.94. The summed E-state index contributed by atoms with van der Waals surface area (Å²) < 4.78 is 6.05. The van der Waals surface area contributed by atoms with Crippen molar-refractivity contribution in [2.75, 3.05) is 44.7 Å². The van der Waals surface area contributed by atoms with Crippen LogP contribution in [0.5, 0.6) is 5.75 Å². The maximum absolute atomic E-state index is 12.1. The van der Waals surface area contributed by atoms with E-state index >= 15 is 0 Å². The number of likely N-dealkylation sites (tertiary alicyclic amines) is 1. The van der Waals surface area contributed by atoms with Crippen LogP contribution >= 0.6 is 11.8 Å². The zero-order valence-corrected chi connectivity index (χ0v) is 15.2. The number of ether oxygens (including phenoxy) is 1. The Bertz CT molecular complexity index is 524. The van der Waals surface area contributed by atoms with Gasteiger partial charge in [-0.2, -0.15) is 11.8 Å². The van der Waals surface area contributed by atoms with Crippen molar-refractivity contribution in [1.29, 1.82) is 0 Å². The van der Waals surface area contributed by atoms with Crippen LogP contribution in [0.25, 0.3) is 0 Å². The Kier molecular flexibility index (Phi) is 6.26. The number of thioether (sulfide) groups is 1. The molecule has 0 spiro atoms. The number of nitrogens with one attached hydrogen (secondary N) is 1. The third-order valence-electron chi connectivity index (χ3n) is 4.63. The van der Waals surface area contributed by atoms with Crippen LogP contribution in [0.3, 0.4) is 0 Å². The molecule has 2 heterocycles. The van der Waals surface area contributed by atoms with E-state index in [1.54, 1.807) is 0 Å². The number of amides is 2. The van der Waals surface area contributed by atoms with Gasteiger partial charge in [0.15, 0.2) is 0 Å². The highest BCUT2D eigenvalue weighted by Gasteiger charge is 2.18. The first-order valence-corrected chi connectivity index (χ1v) is 9.91. The second-order valence-electron chi connectivity index (χ2n) is 6.52. The first kappa shape index (κ1) is 17.4. The molecule has 132 valence electrons. The predicted molar refractivity (Wildman–Crippen MR) is 98.7 cm³/mol.